The van der Waals surface area contributed by atoms with Gasteiger partial charge in [0.1, 0.15) is 16.5 Å². The lowest BCUT2D eigenvalue weighted by Crippen LogP contribution is -2.03. The molecule has 1 unspecified atom stereocenters. The average molecular weight is 435 g/mol. The van der Waals surface area contributed by atoms with Gasteiger partial charge in [-0.05, 0) is 36.4 Å². The molecule has 1 atom stereocenters. The summed E-state index contributed by atoms with van der Waals surface area (Å²) in [5.74, 6) is -0.700. The minimum Gasteiger partial charge on any atom is -0.301 e. The van der Waals surface area contributed by atoms with Crippen molar-refractivity contribution in [1.82, 2.24) is 10.2 Å². The van der Waals surface area contributed by atoms with Gasteiger partial charge < -0.3 is 4.85 Å². The third-order valence-corrected chi connectivity index (χ3v) is 5.33. The Balaban J connectivity index is 1.90. The fourth-order valence-electron chi connectivity index (χ4n) is 2.41. The van der Waals surface area contributed by atoms with Crippen LogP contribution in [0.1, 0.15) is 17.3 Å². The molecule has 0 aliphatic carbocycles. The van der Waals surface area contributed by atoms with E-state index in [4.69, 9.17) is 29.8 Å². The van der Waals surface area contributed by atoms with Crippen molar-refractivity contribution < 1.29 is 9.31 Å². The van der Waals surface area contributed by atoms with Crippen molar-refractivity contribution in [3.63, 3.8) is 0 Å². The van der Waals surface area contributed by atoms with Crippen molar-refractivity contribution in [2.24, 2.45) is 0 Å². The maximum atomic E-state index is 13.3. The van der Waals surface area contributed by atoms with Gasteiger partial charge in [-0.1, -0.05) is 41.0 Å². The molecule has 0 amide bonds. The second kappa shape index (κ2) is 8.52. The molecule has 3 rings (SSSR count). The lowest BCUT2D eigenvalue weighted by Gasteiger charge is -2.09. The lowest BCUT2D eigenvalue weighted by atomic mass is 10.0. The van der Waals surface area contributed by atoms with Crippen LogP contribution in [0.15, 0.2) is 58.5 Å². The van der Waals surface area contributed by atoms with Gasteiger partial charge in [-0.15, -0.1) is 10.2 Å². The molecule has 28 heavy (non-hydrogen) atoms. The van der Waals surface area contributed by atoms with Crippen molar-refractivity contribution in [1.29, 1.82) is 0 Å². The van der Waals surface area contributed by atoms with Crippen molar-refractivity contribution in [2.45, 2.75) is 16.0 Å². The number of hydrogen-bond acceptors (Lipinski definition) is 5. The summed E-state index contributed by atoms with van der Waals surface area (Å²) >= 11 is 13.3. The molecule has 0 aliphatic heterocycles. The number of nitro benzene ring substituents is 1. The predicted octanol–water partition coefficient (Wildman–Crippen LogP) is 5.99. The van der Waals surface area contributed by atoms with Crippen LogP contribution in [0.4, 0.5) is 10.1 Å². The van der Waals surface area contributed by atoms with E-state index in [1.807, 2.05) is 0 Å². The Bertz CT molecular complexity index is 1070. The maximum absolute atomic E-state index is 13.3. The van der Waals surface area contributed by atoms with E-state index in [0.717, 1.165) is 23.9 Å². The molecule has 0 spiro atoms. The first-order chi connectivity index (χ1) is 13.4. The highest BCUT2D eigenvalue weighted by atomic mass is 35.5. The zero-order valence-electron chi connectivity index (χ0n) is 13.8. The molecule has 0 fully saturated rings. The number of nitro groups is 1. The third-order valence-electron chi connectivity index (χ3n) is 3.68. The number of benzene rings is 2. The van der Waals surface area contributed by atoms with Crippen LogP contribution in [-0.2, 0) is 0 Å². The Morgan fingerprint density at radius 1 is 1.14 bits per heavy atom. The molecule has 6 nitrogen and oxygen atoms in total. The molecule has 1 aromatic heterocycles. The van der Waals surface area contributed by atoms with E-state index in [2.05, 4.69) is 15.0 Å². The van der Waals surface area contributed by atoms with Crippen LogP contribution in [-0.4, -0.2) is 15.1 Å². The van der Waals surface area contributed by atoms with Crippen molar-refractivity contribution in [2.75, 3.05) is 0 Å². The van der Waals surface area contributed by atoms with E-state index >= 15 is 0 Å². The summed E-state index contributed by atoms with van der Waals surface area (Å²) < 4.78 is 13.3. The molecule has 0 bridgehead atoms. The highest BCUT2D eigenvalue weighted by Gasteiger charge is 2.27. The van der Waals surface area contributed by atoms with Gasteiger partial charge in [0.05, 0.1) is 31.5 Å². The van der Waals surface area contributed by atoms with E-state index in [-0.39, 0.29) is 10.6 Å². The summed E-state index contributed by atoms with van der Waals surface area (Å²) in [5, 5.41) is 20.2. The summed E-state index contributed by atoms with van der Waals surface area (Å²) in [6.45, 7) is 7.48. The number of rotatable bonds is 5. The van der Waals surface area contributed by atoms with Gasteiger partial charge in [0.15, 0.2) is 0 Å². The molecule has 0 N–H and O–H groups in total. The molecule has 1 heterocycles. The highest BCUT2D eigenvalue weighted by Crippen LogP contribution is 2.37. The second-order valence-electron chi connectivity index (χ2n) is 5.43. The van der Waals surface area contributed by atoms with Crippen LogP contribution in [0, 0.1) is 22.5 Å². The molecule has 0 saturated carbocycles. The van der Waals surface area contributed by atoms with Crippen molar-refractivity contribution in [3.05, 3.63) is 97.2 Å². The molecule has 10 heteroatoms. The Kier molecular flexibility index (Phi) is 6.09. The number of aromatic nitrogens is 2. The fraction of sp³-hybridized carbons (Fsp3) is 0.0556. The van der Waals surface area contributed by atoms with Gasteiger partial charge in [0.25, 0.3) is 11.7 Å². The van der Waals surface area contributed by atoms with Crippen LogP contribution in [0.3, 0.4) is 0 Å². The quantitative estimate of drug-likeness (QED) is 0.280. The van der Waals surface area contributed by atoms with Crippen LogP contribution < -0.4 is 0 Å². The van der Waals surface area contributed by atoms with Gasteiger partial charge in [-0.3, -0.25) is 10.1 Å². The Hall–Kier alpha value is -2.73. The van der Waals surface area contributed by atoms with Gasteiger partial charge in [0, 0.05) is 0 Å². The molecule has 0 radical (unpaired) electrons. The zero-order chi connectivity index (χ0) is 20.3. The maximum Gasteiger partial charge on any atom is 0.295 e. The van der Waals surface area contributed by atoms with Gasteiger partial charge >= 0.3 is 0 Å². The predicted molar refractivity (Wildman–Crippen MR) is 104 cm³/mol. The van der Waals surface area contributed by atoms with Crippen molar-refractivity contribution >= 4 is 40.7 Å². The molecule has 0 saturated heterocycles. The van der Waals surface area contributed by atoms with Crippen LogP contribution in [0.25, 0.3) is 4.85 Å². The van der Waals surface area contributed by atoms with Gasteiger partial charge in [-0.2, -0.15) is 0 Å². The van der Waals surface area contributed by atoms with E-state index in [0.29, 0.717) is 26.3 Å². The highest BCUT2D eigenvalue weighted by molar-refractivity contribution is 7.99. The van der Waals surface area contributed by atoms with Crippen LogP contribution in [0.5, 0.6) is 0 Å². The zero-order valence-corrected chi connectivity index (χ0v) is 16.2. The minimum atomic E-state index is -0.840. The normalized spacial score (nSPS) is 11.6. The minimum absolute atomic E-state index is 0.226. The first kappa shape index (κ1) is 20.0. The summed E-state index contributed by atoms with van der Waals surface area (Å²) in [6.07, 6.45) is 0. The monoisotopic (exact) mass is 434 g/mol. The molecule has 2 aromatic carbocycles. The van der Waals surface area contributed by atoms with E-state index in [1.54, 1.807) is 30.3 Å². The van der Waals surface area contributed by atoms with Crippen LogP contribution in [0.2, 0.25) is 10.0 Å². The third kappa shape index (κ3) is 4.22. The molecule has 140 valence electrons. The first-order valence-electron chi connectivity index (χ1n) is 7.66. The Labute approximate surface area is 173 Å². The number of halogens is 3. The summed E-state index contributed by atoms with van der Waals surface area (Å²) in [4.78, 5) is 14.2. The first-order valence-corrected chi connectivity index (χ1v) is 9.24. The lowest BCUT2D eigenvalue weighted by molar-refractivity contribution is -0.387. The summed E-state index contributed by atoms with van der Waals surface area (Å²) in [6, 6.07) is 10.5. The Morgan fingerprint density at radius 3 is 2.43 bits per heavy atom. The number of hydrogen-bond donors (Lipinski definition) is 0. The summed E-state index contributed by atoms with van der Waals surface area (Å²) in [5.41, 5.74) is 0.408. The second-order valence-corrected chi connectivity index (χ2v) is 7.31. The Morgan fingerprint density at radius 2 is 1.86 bits per heavy atom. The molecule has 3 aromatic rings. The van der Waals surface area contributed by atoms with Crippen molar-refractivity contribution in [3.8, 4) is 0 Å². The number of nitrogens with zero attached hydrogens (tertiary/aromatic N) is 4. The van der Waals surface area contributed by atoms with E-state index in [9.17, 15) is 14.5 Å². The van der Waals surface area contributed by atoms with E-state index in [1.165, 1.54) is 6.07 Å². The topological polar surface area (TPSA) is 73.3 Å². The fourth-order valence-corrected chi connectivity index (χ4v) is 3.83. The average Bonchev–Trinajstić information content (AvgIpc) is 2.67. The van der Waals surface area contributed by atoms with Gasteiger partial charge in [-0.25, -0.2) is 11.0 Å². The van der Waals surface area contributed by atoms with E-state index < -0.39 is 16.8 Å². The largest absolute Gasteiger partial charge is 0.301 e. The SMILES string of the molecule is [C-]#[N+]C(c1ccc(Sc2ccc(F)cc2[N+](=O)[O-])nn1)c1c(Cl)cccc1Cl. The standard InChI is InChI=1S/C18H9Cl2FN4O2S/c1-22-18(17-11(19)3-2-4-12(17)20)13-6-8-16(24-23-13)28-15-7-5-10(21)9-14(15)25(26)27/h2-9,18H. The molecular formula is C18H9Cl2FN4O2S. The van der Waals surface area contributed by atoms with Crippen LogP contribution >= 0.6 is 35.0 Å². The summed E-state index contributed by atoms with van der Waals surface area (Å²) in [7, 11) is 0. The smallest absolute Gasteiger partial charge is 0.295 e. The molecule has 0 aliphatic rings. The molecular weight excluding hydrogens is 426 g/mol. The van der Waals surface area contributed by atoms with Gasteiger partial charge in [0.2, 0.25) is 0 Å².